The molecule has 0 heterocycles. The Morgan fingerprint density at radius 3 is 1.80 bits per heavy atom. The topological polar surface area (TPSA) is 40.5 Å². The molecule has 0 aromatic heterocycles. The lowest BCUT2D eigenvalue weighted by atomic mass is 10.0. The highest BCUT2D eigenvalue weighted by Crippen LogP contribution is 2.23. The van der Waals surface area contributed by atoms with Gasteiger partial charge in [0.2, 0.25) is 0 Å². The van der Waals surface area contributed by atoms with Crippen LogP contribution in [0.15, 0.2) is 24.3 Å². The normalized spacial score (nSPS) is 11.4. The lowest BCUT2D eigenvalue weighted by molar-refractivity contribution is 0.459. The third-order valence-electron chi connectivity index (χ3n) is 4.78. The van der Waals surface area contributed by atoms with Crippen molar-refractivity contribution in [1.29, 1.82) is 0 Å². The maximum atomic E-state index is 9.69. The van der Waals surface area contributed by atoms with E-state index in [1.165, 1.54) is 95.6 Å². The fourth-order valence-electron chi connectivity index (χ4n) is 3.17. The van der Waals surface area contributed by atoms with E-state index in [1.54, 1.807) is 6.07 Å². The molecule has 0 aliphatic heterocycles. The predicted octanol–water partition coefficient (Wildman–Crippen LogP) is 7.59. The Labute approximate surface area is 155 Å². The van der Waals surface area contributed by atoms with Gasteiger partial charge in [0.15, 0.2) is 0 Å². The van der Waals surface area contributed by atoms with Crippen LogP contribution in [0.3, 0.4) is 0 Å². The maximum absolute atomic E-state index is 9.69. The summed E-state index contributed by atoms with van der Waals surface area (Å²) >= 11 is 0. The van der Waals surface area contributed by atoms with Gasteiger partial charge in [0.05, 0.1) is 0 Å². The van der Waals surface area contributed by atoms with E-state index >= 15 is 0 Å². The van der Waals surface area contributed by atoms with Gasteiger partial charge in [-0.25, -0.2) is 0 Å². The van der Waals surface area contributed by atoms with Crippen molar-refractivity contribution in [1.82, 2.24) is 0 Å². The molecule has 0 atom stereocenters. The summed E-state index contributed by atoms with van der Waals surface area (Å²) < 4.78 is 0. The number of benzene rings is 1. The summed E-state index contributed by atoms with van der Waals surface area (Å²) in [5.74, 6) is 0.415. The van der Waals surface area contributed by atoms with E-state index in [0.29, 0.717) is 5.56 Å². The van der Waals surface area contributed by atoms with Gasteiger partial charge < -0.3 is 10.2 Å². The summed E-state index contributed by atoms with van der Waals surface area (Å²) in [5.41, 5.74) is 0.690. The minimum absolute atomic E-state index is 0.193. The van der Waals surface area contributed by atoms with Crippen LogP contribution in [0.2, 0.25) is 0 Å². The minimum atomic E-state index is 0.193. The summed E-state index contributed by atoms with van der Waals surface area (Å²) in [7, 11) is 0. The standard InChI is InChI=1S/C23H38O2/c1-2-3-4-5-6-7-8-9-10-11-12-13-14-15-16-17-21-20-22(24)18-19-23(21)25/h16-20,24-25H,2-15H2,1H3/b17-16-. The van der Waals surface area contributed by atoms with Gasteiger partial charge in [-0.3, -0.25) is 0 Å². The molecule has 0 aliphatic rings. The molecule has 0 saturated carbocycles. The van der Waals surface area contributed by atoms with E-state index in [2.05, 4.69) is 13.0 Å². The van der Waals surface area contributed by atoms with E-state index in [1.807, 2.05) is 6.08 Å². The van der Waals surface area contributed by atoms with Crippen LogP contribution < -0.4 is 0 Å². The fraction of sp³-hybridized carbons (Fsp3) is 0.652. The molecule has 0 saturated heterocycles. The number of phenolic OH excluding ortho intramolecular Hbond substituents is 2. The Bertz CT molecular complexity index is 465. The summed E-state index contributed by atoms with van der Waals surface area (Å²) in [4.78, 5) is 0. The van der Waals surface area contributed by atoms with Crippen LogP contribution in [-0.2, 0) is 0 Å². The van der Waals surface area contributed by atoms with Crippen LogP contribution in [0, 0.1) is 0 Å². The molecule has 25 heavy (non-hydrogen) atoms. The summed E-state index contributed by atoms with van der Waals surface area (Å²) in [6, 6.07) is 4.62. The minimum Gasteiger partial charge on any atom is -0.508 e. The van der Waals surface area contributed by atoms with Crippen molar-refractivity contribution in [3.8, 4) is 11.5 Å². The third-order valence-corrected chi connectivity index (χ3v) is 4.78. The highest BCUT2D eigenvalue weighted by atomic mass is 16.3. The quantitative estimate of drug-likeness (QED) is 0.253. The molecule has 0 amide bonds. The van der Waals surface area contributed by atoms with E-state index in [0.717, 1.165) is 6.42 Å². The van der Waals surface area contributed by atoms with Gasteiger partial charge in [0.1, 0.15) is 11.5 Å². The van der Waals surface area contributed by atoms with Crippen molar-refractivity contribution in [3.63, 3.8) is 0 Å². The molecule has 1 aromatic rings. The molecule has 2 N–H and O–H groups in total. The average molecular weight is 347 g/mol. The number of hydrogen-bond acceptors (Lipinski definition) is 2. The van der Waals surface area contributed by atoms with Gasteiger partial charge in [0, 0.05) is 5.56 Å². The van der Waals surface area contributed by atoms with Crippen LogP contribution in [0.1, 0.15) is 102 Å². The SMILES string of the molecule is CCCCCCCCCCCCCCC/C=C\c1cc(O)ccc1O. The number of phenols is 2. The van der Waals surface area contributed by atoms with E-state index in [9.17, 15) is 10.2 Å². The Kier molecular flexibility index (Phi) is 12.8. The lowest BCUT2D eigenvalue weighted by Gasteiger charge is -2.02. The van der Waals surface area contributed by atoms with Crippen molar-refractivity contribution in [2.75, 3.05) is 0 Å². The van der Waals surface area contributed by atoms with Crippen LogP contribution in [0.4, 0.5) is 0 Å². The smallest absolute Gasteiger partial charge is 0.123 e. The highest BCUT2D eigenvalue weighted by Gasteiger charge is 1.98. The van der Waals surface area contributed by atoms with Crippen LogP contribution in [0.5, 0.6) is 11.5 Å². The molecule has 1 aromatic carbocycles. The summed E-state index contributed by atoms with van der Waals surface area (Å²) in [6.45, 7) is 2.27. The lowest BCUT2D eigenvalue weighted by Crippen LogP contribution is -1.82. The first-order chi connectivity index (χ1) is 12.2. The van der Waals surface area contributed by atoms with Gasteiger partial charge in [0.25, 0.3) is 0 Å². The van der Waals surface area contributed by atoms with E-state index in [4.69, 9.17) is 0 Å². The molecule has 142 valence electrons. The van der Waals surface area contributed by atoms with Crippen molar-refractivity contribution in [2.45, 2.75) is 96.8 Å². The van der Waals surface area contributed by atoms with Crippen molar-refractivity contribution in [3.05, 3.63) is 29.8 Å². The summed E-state index contributed by atoms with van der Waals surface area (Å²) in [6.07, 6.45) is 22.9. The van der Waals surface area contributed by atoms with Gasteiger partial charge in [-0.15, -0.1) is 0 Å². The van der Waals surface area contributed by atoms with E-state index in [-0.39, 0.29) is 11.5 Å². The first kappa shape index (κ1) is 21.6. The Hall–Kier alpha value is -1.44. The molecule has 2 heteroatoms. The zero-order chi connectivity index (χ0) is 18.2. The van der Waals surface area contributed by atoms with Gasteiger partial charge in [-0.2, -0.15) is 0 Å². The average Bonchev–Trinajstić information content (AvgIpc) is 2.61. The van der Waals surface area contributed by atoms with Crippen LogP contribution in [-0.4, -0.2) is 10.2 Å². The Morgan fingerprint density at radius 1 is 0.720 bits per heavy atom. The molecule has 0 unspecified atom stereocenters. The highest BCUT2D eigenvalue weighted by molar-refractivity contribution is 5.58. The van der Waals surface area contributed by atoms with Crippen LogP contribution >= 0.6 is 0 Å². The number of rotatable bonds is 15. The van der Waals surface area contributed by atoms with Gasteiger partial charge in [-0.1, -0.05) is 96.1 Å². The maximum Gasteiger partial charge on any atom is 0.123 e. The summed E-state index contributed by atoms with van der Waals surface area (Å²) in [5, 5.41) is 19.1. The monoisotopic (exact) mass is 346 g/mol. The third kappa shape index (κ3) is 11.7. The number of hydrogen-bond donors (Lipinski definition) is 2. The van der Waals surface area contributed by atoms with Crippen molar-refractivity contribution in [2.24, 2.45) is 0 Å². The van der Waals surface area contributed by atoms with Crippen molar-refractivity contribution >= 4 is 6.08 Å². The fourth-order valence-corrected chi connectivity index (χ4v) is 3.17. The number of unbranched alkanes of at least 4 members (excludes halogenated alkanes) is 13. The second-order valence-corrected chi connectivity index (χ2v) is 7.18. The molecule has 2 nitrogen and oxygen atoms in total. The largest absolute Gasteiger partial charge is 0.508 e. The first-order valence-electron chi connectivity index (χ1n) is 10.4. The molecule has 0 bridgehead atoms. The molecular formula is C23H38O2. The molecule has 1 rings (SSSR count). The number of allylic oxidation sites excluding steroid dienone is 1. The molecule has 0 fully saturated rings. The Morgan fingerprint density at radius 2 is 1.24 bits per heavy atom. The van der Waals surface area contributed by atoms with Gasteiger partial charge in [-0.05, 0) is 31.0 Å². The zero-order valence-corrected chi connectivity index (χ0v) is 16.2. The van der Waals surface area contributed by atoms with Gasteiger partial charge >= 0.3 is 0 Å². The molecule has 0 aliphatic carbocycles. The van der Waals surface area contributed by atoms with Crippen LogP contribution in [0.25, 0.3) is 6.08 Å². The van der Waals surface area contributed by atoms with E-state index < -0.39 is 0 Å². The zero-order valence-electron chi connectivity index (χ0n) is 16.2. The predicted molar refractivity (Wildman–Crippen MR) is 109 cm³/mol. The molecular weight excluding hydrogens is 308 g/mol. The second-order valence-electron chi connectivity index (χ2n) is 7.18. The first-order valence-corrected chi connectivity index (χ1v) is 10.4. The second kappa shape index (κ2) is 14.9. The number of aromatic hydroxyl groups is 2. The molecule has 0 spiro atoms. The Balaban J connectivity index is 1.89. The molecule has 0 radical (unpaired) electrons. The van der Waals surface area contributed by atoms with Crippen molar-refractivity contribution < 1.29 is 10.2 Å².